The highest BCUT2D eigenvalue weighted by atomic mass is 16.5. The van der Waals surface area contributed by atoms with E-state index in [2.05, 4.69) is 27.9 Å². The summed E-state index contributed by atoms with van der Waals surface area (Å²) < 4.78 is 10.8. The molecule has 3 rings (SSSR count). The number of rotatable bonds is 3. The summed E-state index contributed by atoms with van der Waals surface area (Å²) in [6.45, 7) is 15.3. The normalized spacial score (nSPS) is 24.1. The topological polar surface area (TPSA) is 27.2 Å². The van der Waals surface area contributed by atoms with Gasteiger partial charge in [0.25, 0.3) is 0 Å². The highest BCUT2D eigenvalue weighted by Gasteiger charge is 2.53. The van der Waals surface area contributed by atoms with Crippen LogP contribution in [0, 0.1) is 19.1 Å². The van der Waals surface area contributed by atoms with E-state index in [1.54, 1.807) is 14.2 Å². The van der Waals surface area contributed by atoms with E-state index < -0.39 is 5.66 Å². The minimum Gasteiger partial charge on any atom is -0.493 e. The maximum Gasteiger partial charge on any atom is 0.509 e. The van der Waals surface area contributed by atoms with Crippen LogP contribution in [0.4, 0.5) is 0 Å². The summed E-state index contributed by atoms with van der Waals surface area (Å²) in [7, 11) is 3.27. The predicted octanol–water partition coefficient (Wildman–Crippen LogP) is 5.01. The molecule has 2 aliphatic rings. The van der Waals surface area contributed by atoms with Crippen LogP contribution >= 0.6 is 0 Å². The first-order chi connectivity index (χ1) is 12.2. The molecule has 0 fully saturated rings. The van der Waals surface area contributed by atoms with Crippen molar-refractivity contribution >= 4 is 0 Å². The van der Waals surface area contributed by atoms with Crippen LogP contribution in [0.15, 0.2) is 42.0 Å². The lowest BCUT2D eigenvalue weighted by atomic mass is 9.72. The minimum atomic E-state index is -1.06. The van der Waals surface area contributed by atoms with Gasteiger partial charge in [0.1, 0.15) is 12.0 Å². The number of benzene rings is 1. The Hall–Kier alpha value is -2.72. The van der Waals surface area contributed by atoms with Crippen molar-refractivity contribution in [2.45, 2.75) is 37.3 Å². The van der Waals surface area contributed by atoms with Gasteiger partial charge in [-0.05, 0) is 37.0 Å². The lowest BCUT2D eigenvalue weighted by molar-refractivity contribution is 0.353. The molecule has 4 nitrogen and oxygen atoms in total. The zero-order valence-electron chi connectivity index (χ0n) is 14.7. The summed E-state index contributed by atoms with van der Waals surface area (Å²) in [5.74, 6) is 1.76. The molecule has 2 atom stereocenters. The predicted molar refractivity (Wildman–Crippen MR) is 97.4 cm³/mol. The van der Waals surface area contributed by atoms with Crippen molar-refractivity contribution < 1.29 is 9.47 Å². The molecule has 0 unspecified atom stereocenters. The van der Waals surface area contributed by atoms with Crippen LogP contribution in [-0.4, -0.2) is 19.9 Å². The van der Waals surface area contributed by atoms with Gasteiger partial charge in [-0.15, -0.1) is 0 Å². The van der Waals surface area contributed by atoms with Crippen molar-refractivity contribution in [3.8, 4) is 11.5 Å². The molecule has 0 spiro atoms. The van der Waals surface area contributed by atoms with E-state index in [4.69, 9.17) is 22.6 Å². The van der Waals surface area contributed by atoms with Crippen molar-refractivity contribution in [2.75, 3.05) is 14.2 Å². The van der Waals surface area contributed by atoms with E-state index in [0.29, 0.717) is 17.9 Å². The van der Waals surface area contributed by atoms with Crippen molar-refractivity contribution in [1.29, 1.82) is 0 Å². The van der Waals surface area contributed by atoms with Gasteiger partial charge in [0, 0.05) is 11.8 Å². The first-order valence-electron chi connectivity index (χ1n) is 8.55. The molecule has 0 bridgehead atoms. The summed E-state index contributed by atoms with van der Waals surface area (Å²) in [5, 5.41) is 0. The Morgan fingerprint density at radius 1 is 1.12 bits per heavy atom. The van der Waals surface area contributed by atoms with E-state index in [1.807, 2.05) is 18.2 Å². The molecule has 128 valence electrons. The molecule has 0 heterocycles. The fraction of sp³-hybridized carbons (Fsp3) is 0.429. The molecule has 0 saturated heterocycles. The van der Waals surface area contributed by atoms with E-state index in [9.17, 15) is 0 Å². The third kappa shape index (κ3) is 2.89. The Labute approximate surface area is 149 Å². The van der Waals surface area contributed by atoms with Crippen molar-refractivity contribution in [2.24, 2.45) is 5.92 Å². The van der Waals surface area contributed by atoms with Crippen LogP contribution in [-0.2, 0) is 0 Å². The van der Waals surface area contributed by atoms with E-state index >= 15 is 0 Å². The van der Waals surface area contributed by atoms with Crippen molar-refractivity contribution in [1.82, 2.24) is 0 Å². The van der Waals surface area contributed by atoms with Crippen LogP contribution in [0.5, 0.6) is 11.5 Å². The van der Waals surface area contributed by atoms with E-state index in [-0.39, 0.29) is 11.8 Å². The van der Waals surface area contributed by atoms with Crippen LogP contribution in [0.2, 0.25) is 0 Å². The summed E-state index contributed by atoms with van der Waals surface area (Å²) >= 11 is 0. The third-order valence-corrected chi connectivity index (χ3v) is 5.29. The fourth-order valence-electron chi connectivity index (χ4n) is 4.02. The molecule has 2 aliphatic carbocycles. The SMILES string of the molecule is [C-]#[N+]C1([N+]#[C-])CC=C[C@@H](c2ccc(OC)c(OC)c2)[C@@H]2CCCC=C21. The van der Waals surface area contributed by atoms with E-state index in [0.717, 1.165) is 30.4 Å². The summed E-state index contributed by atoms with van der Waals surface area (Å²) in [6.07, 6.45) is 9.84. The first kappa shape index (κ1) is 17.1. The lowest BCUT2D eigenvalue weighted by Crippen LogP contribution is -2.30. The standard InChI is InChI=1S/C21H22N2O2/c1-22-21(23-2)13-7-9-16(17-8-5-6-10-18(17)21)15-11-12-19(24-3)20(14-15)25-4/h7,9-12,14,16-17H,5-6,8,13H2,3-4H3/t16-,17-/m0/s1. The molecule has 1 aromatic rings. The van der Waals surface area contributed by atoms with Crippen LogP contribution in [0.25, 0.3) is 9.69 Å². The minimum absolute atomic E-state index is 0.150. The Balaban J connectivity index is 2.07. The summed E-state index contributed by atoms with van der Waals surface area (Å²) in [4.78, 5) is 7.53. The molecule has 0 aromatic heterocycles. The Bertz CT molecular complexity index is 781. The number of nitrogens with zero attached hydrogens (tertiary/aromatic N) is 2. The highest BCUT2D eigenvalue weighted by molar-refractivity contribution is 5.47. The number of ether oxygens (including phenoxy) is 2. The largest absolute Gasteiger partial charge is 0.509 e. The summed E-state index contributed by atoms with van der Waals surface area (Å²) in [6, 6.07) is 6.00. The smallest absolute Gasteiger partial charge is 0.493 e. The second-order valence-corrected chi connectivity index (χ2v) is 6.51. The van der Waals surface area contributed by atoms with Gasteiger partial charge in [0.05, 0.1) is 14.2 Å². The van der Waals surface area contributed by atoms with Gasteiger partial charge in [-0.25, -0.2) is 22.8 Å². The van der Waals surface area contributed by atoms with Crippen LogP contribution < -0.4 is 9.47 Å². The molecular weight excluding hydrogens is 312 g/mol. The van der Waals surface area contributed by atoms with Gasteiger partial charge in [0.15, 0.2) is 11.5 Å². The lowest BCUT2D eigenvalue weighted by Gasteiger charge is -2.29. The molecule has 0 saturated carbocycles. The average molecular weight is 334 g/mol. The molecular formula is C21H22N2O2. The third-order valence-electron chi connectivity index (χ3n) is 5.29. The maximum absolute atomic E-state index is 7.65. The monoisotopic (exact) mass is 334 g/mol. The first-order valence-corrected chi connectivity index (χ1v) is 8.55. The highest BCUT2D eigenvalue weighted by Crippen LogP contribution is 2.48. The van der Waals surface area contributed by atoms with E-state index in [1.165, 1.54) is 0 Å². The number of methoxy groups -OCH3 is 2. The Kier molecular flexibility index (Phi) is 4.81. The molecule has 0 N–H and O–H groups in total. The number of hydrogen-bond donors (Lipinski definition) is 0. The van der Waals surface area contributed by atoms with Gasteiger partial charge < -0.3 is 9.47 Å². The molecule has 0 amide bonds. The van der Waals surface area contributed by atoms with Gasteiger partial charge in [-0.2, -0.15) is 0 Å². The maximum atomic E-state index is 7.65. The van der Waals surface area contributed by atoms with Gasteiger partial charge in [0.2, 0.25) is 0 Å². The van der Waals surface area contributed by atoms with Crippen LogP contribution in [0.3, 0.4) is 0 Å². The Morgan fingerprint density at radius 2 is 1.88 bits per heavy atom. The number of fused-ring (bicyclic) bond motifs is 1. The molecule has 1 aromatic carbocycles. The summed E-state index contributed by atoms with van der Waals surface area (Å²) in [5.41, 5.74) is 1.08. The molecule has 4 heteroatoms. The average Bonchev–Trinajstić information content (AvgIpc) is 2.84. The Morgan fingerprint density at radius 3 is 2.56 bits per heavy atom. The zero-order valence-corrected chi connectivity index (χ0v) is 14.7. The molecule has 0 radical (unpaired) electrons. The van der Waals surface area contributed by atoms with Crippen molar-refractivity contribution in [3.05, 3.63) is 70.4 Å². The molecule has 25 heavy (non-hydrogen) atoms. The van der Waals surface area contributed by atoms with Gasteiger partial charge in [-0.1, -0.05) is 24.3 Å². The van der Waals surface area contributed by atoms with Crippen molar-refractivity contribution in [3.63, 3.8) is 0 Å². The van der Waals surface area contributed by atoms with Gasteiger partial charge >= 0.3 is 5.66 Å². The quantitative estimate of drug-likeness (QED) is 0.574. The van der Waals surface area contributed by atoms with Gasteiger partial charge in [-0.3, -0.25) is 0 Å². The van der Waals surface area contributed by atoms with Crippen LogP contribution in [0.1, 0.15) is 37.2 Å². The second-order valence-electron chi connectivity index (χ2n) is 6.51. The number of hydrogen-bond acceptors (Lipinski definition) is 2. The number of allylic oxidation sites excluding steroid dienone is 2. The zero-order chi connectivity index (χ0) is 17.9. The second kappa shape index (κ2) is 7.03. The fourth-order valence-corrected chi connectivity index (χ4v) is 4.02. The molecule has 0 aliphatic heterocycles.